The number of aryl methyl sites for hydroxylation is 3. The van der Waals surface area contributed by atoms with Crippen LogP contribution in [-0.4, -0.2) is 19.6 Å². The lowest BCUT2D eigenvalue weighted by Gasteiger charge is -2.09. The number of nitrogens with zero attached hydrogens (tertiary/aromatic N) is 4. The van der Waals surface area contributed by atoms with Gasteiger partial charge in [0, 0.05) is 32.4 Å². The van der Waals surface area contributed by atoms with Crippen LogP contribution in [0.3, 0.4) is 0 Å². The van der Waals surface area contributed by atoms with E-state index in [-0.39, 0.29) is 12.4 Å². The second-order valence-corrected chi connectivity index (χ2v) is 4.33. The van der Waals surface area contributed by atoms with Gasteiger partial charge in [0.25, 0.3) is 0 Å². The van der Waals surface area contributed by atoms with E-state index < -0.39 is 0 Å². The van der Waals surface area contributed by atoms with Gasteiger partial charge in [-0.25, -0.2) is 0 Å². The molecule has 0 saturated heterocycles. The highest BCUT2D eigenvalue weighted by Crippen LogP contribution is 2.07. The van der Waals surface area contributed by atoms with E-state index >= 15 is 0 Å². The minimum atomic E-state index is 0. The molecule has 0 aromatic carbocycles. The van der Waals surface area contributed by atoms with E-state index in [1.807, 2.05) is 21.8 Å². The molecule has 2 rings (SSSR count). The predicted molar refractivity (Wildman–Crippen MR) is 78.3 cm³/mol. The molecule has 2 aromatic rings. The zero-order valence-electron chi connectivity index (χ0n) is 11.8. The molecule has 0 aliphatic carbocycles. The summed E-state index contributed by atoms with van der Waals surface area (Å²) >= 11 is 0. The van der Waals surface area contributed by atoms with Gasteiger partial charge in [-0.05, 0) is 32.4 Å². The van der Waals surface area contributed by atoms with Crippen molar-refractivity contribution in [3.8, 4) is 0 Å². The van der Waals surface area contributed by atoms with Crippen LogP contribution in [0.5, 0.6) is 0 Å². The van der Waals surface area contributed by atoms with Gasteiger partial charge in [0.2, 0.25) is 0 Å². The standard InChI is InChI=1S/C13H21N5.ClH/c1-4-17-12(6-7-15-17)9-14-10-13-11(3)8-16-18(13)5-2;/h6-8,14H,4-5,9-10H2,1-3H3;1H. The summed E-state index contributed by atoms with van der Waals surface area (Å²) in [5, 5.41) is 12.1. The highest BCUT2D eigenvalue weighted by Gasteiger charge is 2.06. The van der Waals surface area contributed by atoms with Crippen LogP contribution in [0.4, 0.5) is 0 Å². The predicted octanol–water partition coefficient (Wildman–Crippen LogP) is 2.14. The quantitative estimate of drug-likeness (QED) is 0.884. The molecule has 0 spiro atoms. The maximum Gasteiger partial charge on any atom is 0.0551 e. The summed E-state index contributed by atoms with van der Waals surface area (Å²) in [6, 6.07) is 2.06. The van der Waals surface area contributed by atoms with Crippen molar-refractivity contribution in [2.45, 2.75) is 47.0 Å². The van der Waals surface area contributed by atoms with Crippen LogP contribution >= 0.6 is 12.4 Å². The summed E-state index contributed by atoms with van der Waals surface area (Å²) in [5.41, 5.74) is 3.73. The molecule has 0 amide bonds. The van der Waals surface area contributed by atoms with Gasteiger partial charge in [-0.1, -0.05) is 0 Å². The molecule has 0 saturated carbocycles. The van der Waals surface area contributed by atoms with Crippen molar-refractivity contribution >= 4 is 12.4 Å². The third kappa shape index (κ3) is 3.58. The third-order valence-electron chi connectivity index (χ3n) is 3.16. The summed E-state index contributed by atoms with van der Waals surface area (Å²) in [5.74, 6) is 0. The Bertz CT molecular complexity index is 503. The van der Waals surface area contributed by atoms with Gasteiger partial charge in [-0.3, -0.25) is 9.36 Å². The van der Waals surface area contributed by atoms with E-state index in [4.69, 9.17) is 0 Å². The Morgan fingerprint density at radius 2 is 1.84 bits per heavy atom. The molecular weight excluding hydrogens is 262 g/mol. The normalized spacial score (nSPS) is 10.5. The van der Waals surface area contributed by atoms with Gasteiger partial charge >= 0.3 is 0 Å². The van der Waals surface area contributed by atoms with Crippen molar-refractivity contribution in [2.75, 3.05) is 0 Å². The van der Waals surface area contributed by atoms with Gasteiger partial charge in [0.15, 0.2) is 0 Å². The van der Waals surface area contributed by atoms with Crippen molar-refractivity contribution in [2.24, 2.45) is 0 Å². The maximum absolute atomic E-state index is 4.34. The van der Waals surface area contributed by atoms with Crippen molar-refractivity contribution < 1.29 is 0 Å². The number of hydrogen-bond donors (Lipinski definition) is 1. The Morgan fingerprint density at radius 1 is 1.11 bits per heavy atom. The fourth-order valence-corrected chi connectivity index (χ4v) is 2.11. The summed E-state index contributed by atoms with van der Waals surface area (Å²) in [6.07, 6.45) is 3.78. The fourth-order valence-electron chi connectivity index (χ4n) is 2.11. The number of rotatable bonds is 6. The van der Waals surface area contributed by atoms with Gasteiger partial charge in [-0.15, -0.1) is 12.4 Å². The van der Waals surface area contributed by atoms with Gasteiger partial charge in [0.1, 0.15) is 0 Å². The second kappa shape index (κ2) is 7.31. The summed E-state index contributed by atoms with van der Waals surface area (Å²) < 4.78 is 4.05. The molecule has 2 aromatic heterocycles. The lowest BCUT2D eigenvalue weighted by atomic mass is 10.2. The van der Waals surface area contributed by atoms with Crippen LogP contribution in [0.25, 0.3) is 0 Å². The molecule has 2 heterocycles. The molecule has 1 N–H and O–H groups in total. The molecule has 6 heteroatoms. The highest BCUT2D eigenvalue weighted by molar-refractivity contribution is 5.85. The molecule has 0 fully saturated rings. The zero-order chi connectivity index (χ0) is 13.0. The molecule has 106 valence electrons. The molecule has 19 heavy (non-hydrogen) atoms. The molecule has 0 radical (unpaired) electrons. The summed E-state index contributed by atoms with van der Waals surface area (Å²) in [4.78, 5) is 0. The smallest absolute Gasteiger partial charge is 0.0551 e. The number of hydrogen-bond acceptors (Lipinski definition) is 3. The van der Waals surface area contributed by atoms with E-state index in [0.717, 1.165) is 26.2 Å². The van der Waals surface area contributed by atoms with E-state index in [2.05, 4.69) is 42.4 Å². The minimum Gasteiger partial charge on any atom is -0.306 e. The Hall–Kier alpha value is -1.33. The molecule has 5 nitrogen and oxygen atoms in total. The molecule has 0 bridgehead atoms. The highest BCUT2D eigenvalue weighted by atomic mass is 35.5. The Labute approximate surface area is 120 Å². The fraction of sp³-hybridized carbons (Fsp3) is 0.538. The summed E-state index contributed by atoms with van der Waals surface area (Å²) in [6.45, 7) is 9.83. The first-order valence-corrected chi connectivity index (χ1v) is 6.49. The van der Waals surface area contributed by atoms with Crippen molar-refractivity contribution in [3.05, 3.63) is 35.4 Å². The van der Waals surface area contributed by atoms with E-state index in [0.29, 0.717) is 0 Å². The maximum atomic E-state index is 4.34. The Morgan fingerprint density at radius 3 is 2.53 bits per heavy atom. The topological polar surface area (TPSA) is 47.7 Å². The van der Waals surface area contributed by atoms with Gasteiger partial charge in [0.05, 0.1) is 17.6 Å². The minimum absolute atomic E-state index is 0. The lowest BCUT2D eigenvalue weighted by molar-refractivity contribution is 0.551. The van der Waals surface area contributed by atoms with E-state index in [1.54, 1.807) is 0 Å². The van der Waals surface area contributed by atoms with Crippen molar-refractivity contribution in [1.82, 2.24) is 24.9 Å². The number of nitrogens with one attached hydrogen (secondary N) is 1. The molecule has 0 aliphatic heterocycles. The largest absolute Gasteiger partial charge is 0.306 e. The molecule has 0 aliphatic rings. The molecular formula is C13H22ClN5. The van der Waals surface area contributed by atoms with Crippen LogP contribution < -0.4 is 5.32 Å². The number of aromatic nitrogens is 4. The molecule has 0 unspecified atom stereocenters. The van der Waals surface area contributed by atoms with E-state index in [1.165, 1.54) is 17.0 Å². The Kier molecular flexibility index (Phi) is 6.05. The van der Waals surface area contributed by atoms with Crippen LogP contribution in [0.2, 0.25) is 0 Å². The Balaban J connectivity index is 0.00000180. The SMILES string of the molecule is CCn1nccc1CNCc1c(C)cnn1CC.Cl. The molecule has 0 atom stereocenters. The lowest BCUT2D eigenvalue weighted by Crippen LogP contribution is -2.19. The first-order valence-electron chi connectivity index (χ1n) is 6.49. The van der Waals surface area contributed by atoms with Crippen LogP contribution in [0.15, 0.2) is 18.5 Å². The van der Waals surface area contributed by atoms with Crippen LogP contribution in [0.1, 0.15) is 30.8 Å². The van der Waals surface area contributed by atoms with Crippen molar-refractivity contribution in [3.63, 3.8) is 0 Å². The first-order chi connectivity index (χ1) is 8.76. The summed E-state index contributed by atoms with van der Waals surface area (Å²) in [7, 11) is 0. The van der Waals surface area contributed by atoms with Crippen LogP contribution in [-0.2, 0) is 26.2 Å². The second-order valence-electron chi connectivity index (χ2n) is 4.33. The zero-order valence-corrected chi connectivity index (χ0v) is 12.6. The van der Waals surface area contributed by atoms with Crippen molar-refractivity contribution in [1.29, 1.82) is 0 Å². The first kappa shape index (κ1) is 15.7. The third-order valence-corrected chi connectivity index (χ3v) is 3.16. The van der Waals surface area contributed by atoms with Gasteiger partial charge < -0.3 is 5.32 Å². The average molecular weight is 284 g/mol. The monoisotopic (exact) mass is 283 g/mol. The number of halogens is 1. The van der Waals surface area contributed by atoms with Gasteiger partial charge in [-0.2, -0.15) is 10.2 Å². The average Bonchev–Trinajstić information content (AvgIpc) is 2.97. The van der Waals surface area contributed by atoms with E-state index in [9.17, 15) is 0 Å². The van der Waals surface area contributed by atoms with Crippen LogP contribution in [0, 0.1) is 6.92 Å².